The first-order chi connectivity index (χ1) is 14.5. The lowest BCUT2D eigenvalue weighted by atomic mass is 10.1. The molecule has 2 aromatic heterocycles. The number of imidazole rings is 1. The maximum absolute atomic E-state index is 13.3. The van der Waals surface area contributed by atoms with Gasteiger partial charge in [0.05, 0.1) is 24.1 Å². The highest BCUT2D eigenvalue weighted by atomic mass is 35.5. The number of ether oxygens (including phenoxy) is 1. The van der Waals surface area contributed by atoms with E-state index in [0.29, 0.717) is 17.9 Å². The van der Waals surface area contributed by atoms with Gasteiger partial charge in [-0.2, -0.15) is 5.10 Å². The van der Waals surface area contributed by atoms with Gasteiger partial charge in [-0.15, -0.1) is 0 Å². The van der Waals surface area contributed by atoms with Crippen molar-refractivity contribution in [3.05, 3.63) is 52.9 Å². The highest BCUT2D eigenvalue weighted by Crippen LogP contribution is 2.31. The van der Waals surface area contributed by atoms with Crippen LogP contribution in [0.25, 0.3) is 5.65 Å². The number of carbonyl (C=O) groups excluding carboxylic acids is 1. The number of amides is 1. The topological polar surface area (TPSA) is 63.0 Å². The van der Waals surface area contributed by atoms with E-state index in [9.17, 15) is 4.79 Å². The summed E-state index contributed by atoms with van der Waals surface area (Å²) in [6.45, 7) is 9.95. The molecular formula is C23H30ClN5O2. The van der Waals surface area contributed by atoms with E-state index in [1.807, 2.05) is 64.0 Å². The highest BCUT2D eigenvalue weighted by Gasteiger charge is 2.28. The molecule has 1 amide bonds. The summed E-state index contributed by atoms with van der Waals surface area (Å²) in [4.78, 5) is 21.5. The van der Waals surface area contributed by atoms with Crippen molar-refractivity contribution < 1.29 is 9.53 Å². The summed E-state index contributed by atoms with van der Waals surface area (Å²) < 4.78 is 7.45. The van der Waals surface area contributed by atoms with Gasteiger partial charge in [0.1, 0.15) is 5.60 Å². The van der Waals surface area contributed by atoms with Crippen LogP contribution in [-0.2, 0) is 11.3 Å². The van der Waals surface area contributed by atoms with Crippen molar-refractivity contribution in [3.63, 3.8) is 0 Å². The van der Waals surface area contributed by atoms with Crippen molar-refractivity contribution in [2.45, 2.75) is 52.7 Å². The Morgan fingerprint density at radius 3 is 2.48 bits per heavy atom. The molecule has 0 N–H and O–H groups in total. The van der Waals surface area contributed by atoms with Gasteiger partial charge in [-0.05, 0) is 38.3 Å². The zero-order chi connectivity index (χ0) is 22.9. The molecule has 0 atom stereocenters. The molecule has 0 spiro atoms. The largest absolute Gasteiger partial charge is 0.443 e. The van der Waals surface area contributed by atoms with Crippen molar-refractivity contribution in [1.82, 2.24) is 14.6 Å². The molecule has 0 saturated heterocycles. The quantitative estimate of drug-likeness (QED) is 0.520. The lowest BCUT2D eigenvalue weighted by Gasteiger charge is -2.29. The number of benzene rings is 1. The molecule has 3 rings (SSSR count). The predicted octanol–water partition coefficient (Wildman–Crippen LogP) is 5.51. The predicted molar refractivity (Wildman–Crippen MR) is 125 cm³/mol. The average molecular weight is 444 g/mol. The molecule has 2 heterocycles. The summed E-state index contributed by atoms with van der Waals surface area (Å²) in [7, 11) is 3.95. The van der Waals surface area contributed by atoms with Gasteiger partial charge in [0.2, 0.25) is 0 Å². The number of fused-ring (bicyclic) bond motifs is 1. The Balaban J connectivity index is 2.17. The van der Waals surface area contributed by atoms with Gasteiger partial charge >= 0.3 is 6.09 Å². The Morgan fingerprint density at radius 1 is 1.19 bits per heavy atom. The number of rotatable bonds is 5. The number of anilines is 2. The van der Waals surface area contributed by atoms with Crippen molar-refractivity contribution in [3.8, 4) is 0 Å². The zero-order valence-electron chi connectivity index (χ0n) is 19.2. The minimum absolute atomic E-state index is 0.193. The third-order valence-electron chi connectivity index (χ3n) is 4.74. The number of hydrogen-bond donors (Lipinski definition) is 0. The van der Waals surface area contributed by atoms with Crippen LogP contribution in [0.1, 0.15) is 51.8 Å². The molecule has 1 aromatic carbocycles. The Bertz CT molecular complexity index is 1090. The molecule has 0 aliphatic carbocycles. The zero-order valence-corrected chi connectivity index (χ0v) is 19.9. The van der Waals surface area contributed by atoms with Gasteiger partial charge in [-0.1, -0.05) is 43.6 Å². The lowest BCUT2D eigenvalue weighted by molar-refractivity contribution is 0.0578. The van der Waals surface area contributed by atoms with Crippen molar-refractivity contribution >= 4 is 34.7 Å². The van der Waals surface area contributed by atoms with Gasteiger partial charge in [0.15, 0.2) is 10.8 Å². The number of hydrogen-bond acceptors (Lipinski definition) is 5. The number of para-hydroxylation sites is 1. The molecular weight excluding hydrogens is 414 g/mol. The molecule has 31 heavy (non-hydrogen) atoms. The first-order valence-electron chi connectivity index (χ1n) is 10.3. The summed E-state index contributed by atoms with van der Waals surface area (Å²) in [6, 6.07) is 9.61. The van der Waals surface area contributed by atoms with Crippen LogP contribution in [0.5, 0.6) is 0 Å². The van der Waals surface area contributed by atoms with Gasteiger partial charge in [0, 0.05) is 25.8 Å². The fourth-order valence-electron chi connectivity index (χ4n) is 3.35. The second kappa shape index (κ2) is 8.75. The standard InChI is InChI=1S/C23H30ClN5O2/c1-15(2)19-13-25-21-18(12-20(24)26-29(19)21)28(22(30)31-23(3,4)5)14-16-10-8-9-11-17(16)27(6)7/h8-13,15H,14H2,1-7H3. The Hall–Kier alpha value is -2.80. The minimum atomic E-state index is -0.651. The van der Waals surface area contributed by atoms with E-state index in [2.05, 4.69) is 23.9 Å². The second-order valence-electron chi connectivity index (χ2n) is 9.02. The molecule has 0 unspecified atom stereocenters. The lowest BCUT2D eigenvalue weighted by Crippen LogP contribution is -2.37. The SMILES string of the molecule is CC(C)c1cnc2c(N(Cc3ccccc3N(C)C)C(=O)OC(C)(C)C)cc(Cl)nn12. The van der Waals surface area contributed by atoms with E-state index in [4.69, 9.17) is 16.3 Å². The van der Waals surface area contributed by atoms with Crippen molar-refractivity contribution in [2.24, 2.45) is 0 Å². The van der Waals surface area contributed by atoms with Crippen LogP contribution in [0.3, 0.4) is 0 Å². The molecule has 166 valence electrons. The molecule has 0 aliphatic rings. The minimum Gasteiger partial charge on any atom is -0.443 e. The first-order valence-corrected chi connectivity index (χ1v) is 10.7. The van der Waals surface area contributed by atoms with Crippen LogP contribution in [0.4, 0.5) is 16.2 Å². The van der Waals surface area contributed by atoms with Gasteiger partial charge in [0.25, 0.3) is 0 Å². The summed E-state index contributed by atoms with van der Waals surface area (Å²) in [6.07, 6.45) is 1.30. The maximum Gasteiger partial charge on any atom is 0.415 e. The van der Waals surface area contributed by atoms with Gasteiger partial charge in [-0.25, -0.2) is 14.3 Å². The van der Waals surface area contributed by atoms with Crippen molar-refractivity contribution in [2.75, 3.05) is 23.9 Å². The first kappa shape index (κ1) is 22.9. The normalized spacial score (nSPS) is 11.8. The van der Waals surface area contributed by atoms with E-state index >= 15 is 0 Å². The molecule has 7 nitrogen and oxygen atoms in total. The Morgan fingerprint density at radius 2 is 1.87 bits per heavy atom. The molecule has 0 aliphatic heterocycles. The maximum atomic E-state index is 13.3. The fourth-order valence-corrected chi connectivity index (χ4v) is 3.53. The van der Waals surface area contributed by atoms with Crippen LogP contribution in [0.15, 0.2) is 36.5 Å². The van der Waals surface area contributed by atoms with E-state index in [1.54, 1.807) is 21.7 Å². The smallest absolute Gasteiger partial charge is 0.415 e. The molecule has 0 saturated carbocycles. The third kappa shape index (κ3) is 5.10. The van der Waals surface area contributed by atoms with E-state index < -0.39 is 11.7 Å². The number of carbonyl (C=O) groups is 1. The Kier molecular flexibility index (Phi) is 6.46. The van der Waals surface area contributed by atoms with Gasteiger partial charge in [-0.3, -0.25) is 4.90 Å². The van der Waals surface area contributed by atoms with E-state index in [0.717, 1.165) is 16.9 Å². The Labute approximate surface area is 188 Å². The van der Waals surface area contributed by atoms with E-state index in [-0.39, 0.29) is 11.1 Å². The van der Waals surface area contributed by atoms with Crippen molar-refractivity contribution in [1.29, 1.82) is 0 Å². The highest BCUT2D eigenvalue weighted by molar-refractivity contribution is 6.29. The average Bonchev–Trinajstić information content (AvgIpc) is 3.08. The summed E-state index contributed by atoms with van der Waals surface area (Å²) >= 11 is 6.38. The van der Waals surface area contributed by atoms with Crippen LogP contribution in [-0.4, -0.2) is 40.4 Å². The van der Waals surface area contributed by atoms with Gasteiger partial charge < -0.3 is 9.64 Å². The molecule has 0 bridgehead atoms. The number of halogens is 1. The monoisotopic (exact) mass is 443 g/mol. The summed E-state index contributed by atoms with van der Waals surface area (Å²) in [5.41, 5.74) is 3.35. The summed E-state index contributed by atoms with van der Waals surface area (Å²) in [5, 5.41) is 4.69. The number of aromatic nitrogens is 3. The van der Waals surface area contributed by atoms with E-state index in [1.165, 1.54) is 0 Å². The fraction of sp³-hybridized carbons (Fsp3) is 0.435. The third-order valence-corrected chi connectivity index (χ3v) is 4.93. The summed E-state index contributed by atoms with van der Waals surface area (Å²) in [5.74, 6) is 0.193. The van der Waals surface area contributed by atoms with Crippen LogP contribution in [0, 0.1) is 0 Å². The van der Waals surface area contributed by atoms with Crippen LogP contribution in [0.2, 0.25) is 5.15 Å². The number of nitrogens with zero attached hydrogens (tertiary/aromatic N) is 5. The second-order valence-corrected chi connectivity index (χ2v) is 9.40. The van der Waals surface area contributed by atoms with Crippen LogP contribution < -0.4 is 9.80 Å². The molecule has 0 fully saturated rings. The molecule has 8 heteroatoms. The van der Waals surface area contributed by atoms with Crippen LogP contribution >= 0.6 is 11.6 Å². The molecule has 0 radical (unpaired) electrons. The molecule has 3 aromatic rings.